The maximum Gasteiger partial charge on any atom is 0.119 e. The standard InChI is InChI=1S/C16H26N2O/c1-14-5-3-4-10-18(14)11-12-19-16-8-6-15(7-9-16)13-17-2/h6-9,14,17H,3-5,10-13H2,1-2H3. The zero-order chi connectivity index (χ0) is 13.5. The molecule has 0 radical (unpaired) electrons. The monoisotopic (exact) mass is 262 g/mol. The van der Waals surface area contributed by atoms with Crippen LogP contribution in [-0.4, -0.2) is 37.7 Å². The summed E-state index contributed by atoms with van der Waals surface area (Å²) in [6, 6.07) is 9.08. The Balaban J connectivity index is 1.72. The van der Waals surface area contributed by atoms with Crippen molar-refractivity contribution in [3.8, 4) is 5.75 Å². The van der Waals surface area contributed by atoms with Gasteiger partial charge in [-0.05, 0) is 51.1 Å². The molecule has 0 saturated carbocycles. The van der Waals surface area contributed by atoms with E-state index in [1.807, 2.05) is 7.05 Å². The summed E-state index contributed by atoms with van der Waals surface area (Å²) in [6.07, 6.45) is 4.05. The van der Waals surface area contributed by atoms with Gasteiger partial charge in [-0.3, -0.25) is 4.90 Å². The van der Waals surface area contributed by atoms with Crippen LogP contribution in [0.15, 0.2) is 24.3 Å². The molecule has 1 aromatic rings. The van der Waals surface area contributed by atoms with E-state index in [0.29, 0.717) is 0 Å². The summed E-state index contributed by atoms with van der Waals surface area (Å²) in [7, 11) is 1.96. The summed E-state index contributed by atoms with van der Waals surface area (Å²) in [6.45, 7) is 6.29. The lowest BCUT2D eigenvalue weighted by molar-refractivity contribution is 0.133. The molecule has 106 valence electrons. The van der Waals surface area contributed by atoms with Gasteiger partial charge in [-0.25, -0.2) is 0 Å². The van der Waals surface area contributed by atoms with Gasteiger partial charge in [0, 0.05) is 19.1 Å². The molecule has 1 fully saturated rings. The molecule has 1 N–H and O–H groups in total. The van der Waals surface area contributed by atoms with Crippen molar-refractivity contribution in [3.63, 3.8) is 0 Å². The second-order valence-electron chi connectivity index (χ2n) is 5.40. The minimum Gasteiger partial charge on any atom is -0.492 e. The lowest BCUT2D eigenvalue weighted by Crippen LogP contribution is -2.39. The number of likely N-dealkylation sites (tertiary alicyclic amines) is 1. The number of nitrogens with zero attached hydrogens (tertiary/aromatic N) is 1. The normalized spacial score (nSPS) is 20.4. The van der Waals surface area contributed by atoms with Crippen LogP contribution in [0.5, 0.6) is 5.75 Å². The van der Waals surface area contributed by atoms with Crippen molar-refractivity contribution in [1.29, 1.82) is 0 Å². The zero-order valence-electron chi connectivity index (χ0n) is 12.2. The van der Waals surface area contributed by atoms with Crippen molar-refractivity contribution in [1.82, 2.24) is 10.2 Å². The van der Waals surface area contributed by atoms with Gasteiger partial charge in [0.25, 0.3) is 0 Å². The molecule has 1 aliphatic heterocycles. The molecule has 3 nitrogen and oxygen atoms in total. The smallest absolute Gasteiger partial charge is 0.119 e. The van der Waals surface area contributed by atoms with Crippen LogP contribution in [0.1, 0.15) is 31.7 Å². The largest absolute Gasteiger partial charge is 0.492 e. The third-order valence-electron chi connectivity index (χ3n) is 3.89. The molecule has 0 spiro atoms. The molecule has 3 heteroatoms. The van der Waals surface area contributed by atoms with Crippen LogP contribution in [0.25, 0.3) is 0 Å². The predicted octanol–water partition coefficient (Wildman–Crippen LogP) is 2.66. The van der Waals surface area contributed by atoms with E-state index in [0.717, 1.165) is 31.5 Å². The molecule has 1 saturated heterocycles. The van der Waals surface area contributed by atoms with E-state index in [2.05, 4.69) is 41.4 Å². The maximum absolute atomic E-state index is 5.83. The van der Waals surface area contributed by atoms with E-state index in [1.54, 1.807) is 0 Å². The van der Waals surface area contributed by atoms with Crippen molar-refractivity contribution in [2.45, 2.75) is 38.8 Å². The summed E-state index contributed by atoms with van der Waals surface area (Å²) in [5, 5.41) is 3.15. The SMILES string of the molecule is CNCc1ccc(OCCN2CCCCC2C)cc1. The Kier molecular flexibility index (Phi) is 5.67. The highest BCUT2D eigenvalue weighted by atomic mass is 16.5. The van der Waals surface area contributed by atoms with E-state index in [4.69, 9.17) is 4.74 Å². The summed E-state index contributed by atoms with van der Waals surface area (Å²) >= 11 is 0. The third kappa shape index (κ3) is 4.51. The van der Waals surface area contributed by atoms with Gasteiger partial charge in [0.15, 0.2) is 0 Å². The number of rotatable bonds is 6. The van der Waals surface area contributed by atoms with Crippen molar-refractivity contribution in [3.05, 3.63) is 29.8 Å². The van der Waals surface area contributed by atoms with Gasteiger partial charge in [0.1, 0.15) is 12.4 Å². The van der Waals surface area contributed by atoms with Gasteiger partial charge in [0.2, 0.25) is 0 Å². The fraction of sp³-hybridized carbons (Fsp3) is 0.625. The molecule has 0 aliphatic carbocycles. The molecule has 1 heterocycles. The number of ether oxygens (including phenoxy) is 1. The second kappa shape index (κ2) is 7.51. The first kappa shape index (κ1) is 14.4. The highest BCUT2D eigenvalue weighted by Crippen LogP contribution is 2.16. The van der Waals surface area contributed by atoms with Crippen LogP contribution < -0.4 is 10.1 Å². The van der Waals surface area contributed by atoms with Crippen molar-refractivity contribution in [2.24, 2.45) is 0 Å². The molecule has 1 unspecified atom stereocenters. The fourth-order valence-electron chi connectivity index (χ4n) is 2.68. The number of nitrogens with one attached hydrogen (secondary N) is 1. The molecule has 19 heavy (non-hydrogen) atoms. The van der Waals surface area contributed by atoms with E-state index < -0.39 is 0 Å². The molecular weight excluding hydrogens is 236 g/mol. The molecule has 0 bridgehead atoms. The number of hydrogen-bond acceptors (Lipinski definition) is 3. The molecule has 0 amide bonds. The van der Waals surface area contributed by atoms with E-state index in [9.17, 15) is 0 Å². The Hall–Kier alpha value is -1.06. The highest BCUT2D eigenvalue weighted by molar-refractivity contribution is 5.27. The van der Waals surface area contributed by atoms with Crippen LogP contribution >= 0.6 is 0 Å². The molecule has 0 aromatic heterocycles. The Labute approximate surface area is 116 Å². The van der Waals surface area contributed by atoms with Crippen LogP contribution in [0, 0.1) is 0 Å². The van der Waals surface area contributed by atoms with Gasteiger partial charge in [0.05, 0.1) is 0 Å². The number of hydrogen-bond donors (Lipinski definition) is 1. The van der Waals surface area contributed by atoms with E-state index >= 15 is 0 Å². The van der Waals surface area contributed by atoms with Crippen molar-refractivity contribution in [2.75, 3.05) is 26.7 Å². The molecule has 1 aromatic carbocycles. The molecular formula is C16H26N2O. The Bertz CT molecular complexity index is 364. The molecule has 2 rings (SSSR count). The quantitative estimate of drug-likeness (QED) is 0.853. The Morgan fingerprint density at radius 1 is 1.26 bits per heavy atom. The molecule has 1 aliphatic rings. The average Bonchev–Trinajstić information content (AvgIpc) is 2.43. The van der Waals surface area contributed by atoms with Gasteiger partial charge in [-0.2, -0.15) is 0 Å². The predicted molar refractivity (Wildman–Crippen MR) is 79.6 cm³/mol. The third-order valence-corrected chi connectivity index (χ3v) is 3.89. The van der Waals surface area contributed by atoms with Crippen molar-refractivity contribution < 1.29 is 4.74 Å². The van der Waals surface area contributed by atoms with Crippen LogP contribution in [0.2, 0.25) is 0 Å². The summed E-state index contributed by atoms with van der Waals surface area (Å²) in [4.78, 5) is 2.54. The van der Waals surface area contributed by atoms with E-state index in [-0.39, 0.29) is 0 Å². The van der Waals surface area contributed by atoms with Crippen molar-refractivity contribution >= 4 is 0 Å². The van der Waals surface area contributed by atoms with Crippen LogP contribution in [0.4, 0.5) is 0 Å². The first-order valence-electron chi connectivity index (χ1n) is 7.40. The first-order valence-corrected chi connectivity index (χ1v) is 7.40. The number of piperidine rings is 1. The topological polar surface area (TPSA) is 24.5 Å². The van der Waals surface area contributed by atoms with Crippen LogP contribution in [-0.2, 0) is 6.54 Å². The van der Waals surface area contributed by atoms with Gasteiger partial charge >= 0.3 is 0 Å². The average molecular weight is 262 g/mol. The van der Waals surface area contributed by atoms with E-state index in [1.165, 1.54) is 31.4 Å². The summed E-state index contributed by atoms with van der Waals surface area (Å²) in [5.41, 5.74) is 1.29. The fourth-order valence-corrected chi connectivity index (χ4v) is 2.68. The van der Waals surface area contributed by atoms with Gasteiger partial charge < -0.3 is 10.1 Å². The zero-order valence-corrected chi connectivity index (χ0v) is 12.2. The lowest BCUT2D eigenvalue weighted by atomic mass is 10.0. The van der Waals surface area contributed by atoms with Crippen LogP contribution in [0.3, 0.4) is 0 Å². The Morgan fingerprint density at radius 3 is 2.74 bits per heavy atom. The maximum atomic E-state index is 5.83. The molecule has 1 atom stereocenters. The van der Waals surface area contributed by atoms with Gasteiger partial charge in [-0.1, -0.05) is 18.6 Å². The lowest BCUT2D eigenvalue weighted by Gasteiger charge is -2.33. The Morgan fingerprint density at radius 2 is 2.05 bits per heavy atom. The highest BCUT2D eigenvalue weighted by Gasteiger charge is 2.17. The minimum absolute atomic E-state index is 0.718. The summed E-state index contributed by atoms with van der Waals surface area (Å²) < 4.78 is 5.83. The second-order valence-corrected chi connectivity index (χ2v) is 5.40. The van der Waals surface area contributed by atoms with Gasteiger partial charge in [-0.15, -0.1) is 0 Å². The number of benzene rings is 1. The first-order chi connectivity index (χ1) is 9.29. The summed E-state index contributed by atoms with van der Waals surface area (Å²) in [5.74, 6) is 0.976. The minimum atomic E-state index is 0.718.